The highest BCUT2D eigenvalue weighted by molar-refractivity contribution is 9.10. The smallest absolute Gasteiger partial charge is 0.331 e. The van der Waals surface area contributed by atoms with Gasteiger partial charge < -0.3 is 10.1 Å². The molecule has 2 aromatic rings. The number of anilines is 1. The van der Waals surface area contributed by atoms with Gasteiger partial charge in [0.15, 0.2) is 6.61 Å². The fourth-order valence-electron chi connectivity index (χ4n) is 2.10. The van der Waals surface area contributed by atoms with E-state index in [1.54, 1.807) is 6.08 Å². The lowest BCUT2D eigenvalue weighted by atomic mass is 10.1. The standard InChI is InChI=1S/C18H15BrN2O5/c1-12-15(6-3-7-16(12)21(24)25)20-17(22)11-26-18(23)9-8-13-4-2-5-14(19)10-13/h2-10H,11H2,1H3,(H,20,22)/b9-8+. The van der Waals surface area contributed by atoms with Crippen LogP contribution in [0.1, 0.15) is 11.1 Å². The summed E-state index contributed by atoms with van der Waals surface area (Å²) in [6.45, 7) is 1.03. The number of nitrogens with one attached hydrogen (secondary N) is 1. The molecule has 0 spiro atoms. The topological polar surface area (TPSA) is 98.5 Å². The molecule has 26 heavy (non-hydrogen) atoms. The molecule has 134 valence electrons. The van der Waals surface area contributed by atoms with Crippen molar-refractivity contribution < 1.29 is 19.2 Å². The van der Waals surface area contributed by atoms with E-state index in [-0.39, 0.29) is 5.69 Å². The number of ether oxygens (including phenoxy) is 1. The molecule has 0 radical (unpaired) electrons. The molecule has 2 rings (SSSR count). The molecular formula is C18H15BrN2O5. The Morgan fingerprint density at radius 2 is 2.00 bits per heavy atom. The molecule has 1 N–H and O–H groups in total. The van der Waals surface area contributed by atoms with Gasteiger partial charge in [-0.05, 0) is 36.8 Å². The third-order valence-electron chi connectivity index (χ3n) is 3.38. The summed E-state index contributed by atoms with van der Waals surface area (Å²) in [7, 11) is 0. The number of amides is 1. The van der Waals surface area contributed by atoms with Crippen molar-refractivity contribution in [1.29, 1.82) is 0 Å². The number of esters is 1. The molecule has 0 aliphatic rings. The predicted molar refractivity (Wildman–Crippen MR) is 101 cm³/mol. The van der Waals surface area contributed by atoms with Crippen LogP contribution in [0.4, 0.5) is 11.4 Å². The zero-order valence-corrected chi connectivity index (χ0v) is 15.4. The van der Waals surface area contributed by atoms with E-state index in [9.17, 15) is 19.7 Å². The lowest BCUT2D eigenvalue weighted by Gasteiger charge is -2.08. The number of rotatable bonds is 6. The van der Waals surface area contributed by atoms with Crippen LogP contribution in [-0.2, 0) is 14.3 Å². The Labute approximate surface area is 157 Å². The van der Waals surface area contributed by atoms with Crippen LogP contribution in [0.15, 0.2) is 53.0 Å². The van der Waals surface area contributed by atoms with E-state index in [0.717, 1.165) is 10.0 Å². The number of hydrogen-bond acceptors (Lipinski definition) is 5. The molecule has 0 heterocycles. The quantitative estimate of drug-likeness (QED) is 0.332. The molecule has 1 amide bonds. The highest BCUT2D eigenvalue weighted by Gasteiger charge is 2.15. The van der Waals surface area contributed by atoms with E-state index in [2.05, 4.69) is 21.2 Å². The van der Waals surface area contributed by atoms with Gasteiger partial charge in [-0.15, -0.1) is 0 Å². The van der Waals surface area contributed by atoms with Gasteiger partial charge in [-0.2, -0.15) is 0 Å². The van der Waals surface area contributed by atoms with Crippen LogP contribution in [0.25, 0.3) is 6.08 Å². The van der Waals surface area contributed by atoms with Crippen LogP contribution < -0.4 is 5.32 Å². The lowest BCUT2D eigenvalue weighted by Crippen LogP contribution is -2.20. The molecule has 0 aliphatic heterocycles. The van der Waals surface area contributed by atoms with E-state index in [1.807, 2.05) is 24.3 Å². The predicted octanol–water partition coefficient (Wildman–Crippen LogP) is 3.86. The van der Waals surface area contributed by atoms with Crippen molar-refractivity contribution in [3.63, 3.8) is 0 Å². The molecule has 0 bridgehead atoms. The van der Waals surface area contributed by atoms with Gasteiger partial charge in [0.2, 0.25) is 0 Å². The Hall–Kier alpha value is -3.00. The summed E-state index contributed by atoms with van der Waals surface area (Å²) in [6.07, 6.45) is 2.78. The van der Waals surface area contributed by atoms with Crippen LogP contribution in [0.2, 0.25) is 0 Å². The normalized spacial score (nSPS) is 10.5. The highest BCUT2D eigenvalue weighted by Crippen LogP contribution is 2.24. The van der Waals surface area contributed by atoms with Crippen LogP contribution in [0.5, 0.6) is 0 Å². The van der Waals surface area contributed by atoms with Crippen molar-refractivity contribution in [1.82, 2.24) is 0 Å². The minimum Gasteiger partial charge on any atom is -0.452 e. The largest absolute Gasteiger partial charge is 0.452 e. The fraction of sp³-hybridized carbons (Fsp3) is 0.111. The Kier molecular flexibility index (Phi) is 6.62. The first kappa shape index (κ1) is 19.3. The Morgan fingerprint density at radius 1 is 1.27 bits per heavy atom. The maximum atomic E-state index is 11.9. The van der Waals surface area contributed by atoms with Crippen molar-refractivity contribution in [2.75, 3.05) is 11.9 Å². The van der Waals surface area contributed by atoms with E-state index in [0.29, 0.717) is 11.3 Å². The third kappa shape index (κ3) is 5.52. The van der Waals surface area contributed by atoms with Crippen molar-refractivity contribution in [2.45, 2.75) is 6.92 Å². The second-order valence-electron chi connectivity index (χ2n) is 5.25. The molecule has 0 aliphatic carbocycles. The van der Waals surface area contributed by atoms with Gasteiger partial charge in [0.05, 0.1) is 16.2 Å². The van der Waals surface area contributed by atoms with Crippen LogP contribution in [0.3, 0.4) is 0 Å². The van der Waals surface area contributed by atoms with Gasteiger partial charge in [-0.1, -0.05) is 34.1 Å². The third-order valence-corrected chi connectivity index (χ3v) is 3.88. The zero-order chi connectivity index (χ0) is 19.1. The summed E-state index contributed by atoms with van der Waals surface area (Å²) in [4.78, 5) is 33.9. The molecule has 0 saturated heterocycles. The van der Waals surface area contributed by atoms with Crippen LogP contribution in [0, 0.1) is 17.0 Å². The molecule has 0 fully saturated rings. The number of nitrogens with zero attached hydrogens (tertiary/aromatic N) is 1. The average molecular weight is 419 g/mol. The molecule has 8 heteroatoms. The summed E-state index contributed by atoms with van der Waals surface area (Å²) in [5, 5.41) is 13.4. The number of halogens is 1. The van der Waals surface area contributed by atoms with E-state index in [4.69, 9.17) is 4.74 Å². The number of carbonyl (C=O) groups excluding carboxylic acids is 2. The molecule has 0 atom stereocenters. The molecule has 0 unspecified atom stereocenters. The van der Waals surface area contributed by atoms with Gasteiger partial charge in [0, 0.05) is 16.6 Å². The highest BCUT2D eigenvalue weighted by atomic mass is 79.9. The molecule has 2 aromatic carbocycles. The molecular weight excluding hydrogens is 404 g/mol. The van der Waals surface area contributed by atoms with Crippen molar-refractivity contribution in [3.05, 3.63) is 74.3 Å². The molecule has 0 saturated carbocycles. The maximum Gasteiger partial charge on any atom is 0.331 e. The second kappa shape index (κ2) is 8.91. The van der Waals surface area contributed by atoms with Crippen molar-refractivity contribution in [3.8, 4) is 0 Å². The van der Waals surface area contributed by atoms with Crippen LogP contribution >= 0.6 is 15.9 Å². The molecule has 7 nitrogen and oxygen atoms in total. The van der Waals surface area contributed by atoms with Gasteiger partial charge in [0.25, 0.3) is 11.6 Å². The number of nitro groups is 1. The fourth-order valence-corrected chi connectivity index (χ4v) is 2.52. The van der Waals surface area contributed by atoms with Crippen LogP contribution in [-0.4, -0.2) is 23.4 Å². The summed E-state index contributed by atoms with van der Waals surface area (Å²) in [5.41, 5.74) is 1.32. The number of benzene rings is 2. The van der Waals surface area contributed by atoms with Crippen molar-refractivity contribution >= 4 is 45.3 Å². The second-order valence-corrected chi connectivity index (χ2v) is 6.17. The molecule has 0 aromatic heterocycles. The lowest BCUT2D eigenvalue weighted by molar-refractivity contribution is -0.385. The minimum atomic E-state index is -0.670. The Morgan fingerprint density at radius 3 is 2.69 bits per heavy atom. The first-order chi connectivity index (χ1) is 12.4. The summed E-state index contributed by atoms with van der Waals surface area (Å²) >= 11 is 3.33. The number of hydrogen-bond donors (Lipinski definition) is 1. The maximum absolute atomic E-state index is 11.9. The van der Waals surface area contributed by atoms with E-state index >= 15 is 0 Å². The summed E-state index contributed by atoms with van der Waals surface area (Å²) in [5.74, 6) is -1.26. The first-order valence-electron chi connectivity index (χ1n) is 7.51. The monoisotopic (exact) mass is 418 g/mol. The van der Waals surface area contributed by atoms with Gasteiger partial charge in [-0.25, -0.2) is 4.79 Å². The van der Waals surface area contributed by atoms with Gasteiger partial charge in [-0.3, -0.25) is 14.9 Å². The number of nitro benzene ring substituents is 1. The Bertz CT molecular complexity index is 880. The summed E-state index contributed by atoms with van der Waals surface area (Å²) < 4.78 is 5.74. The SMILES string of the molecule is Cc1c(NC(=O)COC(=O)/C=C/c2cccc(Br)c2)cccc1[N+](=O)[O-]. The average Bonchev–Trinajstić information content (AvgIpc) is 2.60. The van der Waals surface area contributed by atoms with Gasteiger partial charge in [0.1, 0.15) is 0 Å². The number of carbonyl (C=O) groups is 2. The van der Waals surface area contributed by atoms with Crippen molar-refractivity contribution in [2.24, 2.45) is 0 Å². The summed E-state index contributed by atoms with van der Waals surface area (Å²) in [6, 6.07) is 11.7. The first-order valence-corrected chi connectivity index (χ1v) is 8.30. The van der Waals surface area contributed by atoms with Gasteiger partial charge >= 0.3 is 5.97 Å². The van der Waals surface area contributed by atoms with E-state index in [1.165, 1.54) is 31.2 Å². The van der Waals surface area contributed by atoms with E-state index < -0.39 is 23.4 Å². The minimum absolute atomic E-state index is 0.100. The Balaban J connectivity index is 1.90. The zero-order valence-electron chi connectivity index (χ0n) is 13.8.